The summed E-state index contributed by atoms with van der Waals surface area (Å²) in [5.74, 6) is 2.58. The maximum absolute atomic E-state index is 6.61. The van der Waals surface area contributed by atoms with E-state index in [1.54, 1.807) is 12.5 Å². The first-order valence-electron chi connectivity index (χ1n) is 11.5. The summed E-state index contributed by atoms with van der Waals surface area (Å²) < 4.78 is 12.1. The molecule has 1 N–H and O–H groups in total. The van der Waals surface area contributed by atoms with Crippen LogP contribution in [-0.2, 0) is 4.74 Å². The number of aromatic nitrogens is 4. The van der Waals surface area contributed by atoms with Gasteiger partial charge in [-0.2, -0.15) is 0 Å². The molecule has 0 atom stereocenters. The van der Waals surface area contributed by atoms with Gasteiger partial charge in [0.2, 0.25) is 0 Å². The summed E-state index contributed by atoms with van der Waals surface area (Å²) in [6.07, 6.45) is 7.71. The van der Waals surface area contributed by atoms with Gasteiger partial charge in [-0.25, -0.2) is 19.9 Å². The number of ether oxygens (including phenoxy) is 2. The smallest absolute Gasteiger partial charge is 0.133 e. The minimum absolute atomic E-state index is 0.183. The van der Waals surface area contributed by atoms with Gasteiger partial charge in [-0.05, 0) is 51.7 Å². The van der Waals surface area contributed by atoms with Crippen LogP contribution in [0, 0.1) is 13.8 Å². The van der Waals surface area contributed by atoms with Crippen LogP contribution in [0.3, 0.4) is 0 Å². The Balaban J connectivity index is 1.31. The zero-order chi connectivity index (χ0) is 21.9. The van der Waals surface area contributed by atoms with Gasteiger partial charge in [0.15, 0.2) is 0 Å². The molecule has 5 rings (SSSR count). The van der Waals surface area contributed by atoms with E-state index >= 15 is 0 Å². The van der Waals surface area contributed by atoms with Gasteiger partial charge in [0.05, 0.1) is 35.9 Å². The normalized spacial score (nSPS) is 21.5. The standard InChI is InChI=1S/C24H30N6O2/c1-16-24-21(27-15-26-16)13-19(30-9-11-31-12-10-30)14-22(24)32-20-5-3-18(4-6-20)29-23-7-8-25-17(2)28-23/h7-8,13-15,18,20H,3-6,9-12H2,1-2H3,(H,25,28,29). The molecule has 3 aromatic rings. The minimum atomic E-state index is 0.183. The molecule has 1 aliphatic heterocycles. The molecule has 2 aliphatic rings. The molecule has 1 aliphatic carbocycles. The number of aryl methyl sites for hydroxylation is 2. The molecule has 1 aromatic carbocycles. The third-order valence-electron chi connectivity index (χ3n) is 6.35. The lowest BCUT2D eigenvalue weighted by Crippen LogP contribution is -2.36. The van der Waals surface area contributed by atoms with Crippen LogP contribution in [0.25, 0.3) is 10.9 Å². The maximum atomic E-state index is 6.61. The fourth-order valence-corrected chi connectivity index (χ4v) is 4.64. The molecule has 0 radical (unpaired) electrons. The zero-order valence-electron chi connectivity index (χ0n) is 18.8. The number of fused-ring (bicyclic) bond motifs is 1. The van der Waals surface area contributed by atoms with Gasteiger partial charge in [0.1, 0.15) is 23.7 Å². The fraction of sp³-hybridized carbons (Fsp3) is 0.500. The van der Waals surface area contributed by atoms with Crippen molar-refractivity contribution in [1.29, 1.82) is 0 Å². The predicted octanol–water partition coefficient (Wildman–Crippen LogP) is 3.68. The van der Waals surface area contributed by atoms with Gasteiger partial charge in [-0.1, -0.05) is 0 Å². The van der Waals surface area contributed by atoms with Crippen molar-refractivity contribution < 1.29 is 9.47 Å². The van der Waals surface area contributed by atoms with Crippen LogP contribution in [0.2, 0.25) is 0 Å². The highest BCUT2D eigenvalue weighted by atomic mass is 16.5. The zero-order valence-corrected chi connectivity index (χ0v) is 18.8. The van der Waals surface area contributed by atoms with E-state index < -0.39 is 0 Å². The van der Waals surface area contributed by atoms with Crippen LogP contribution in [-0.4, -0.2) is 58.4 Å². The van der Waals surface area contributed by atoms with Gasteiger partial charge < -0.3 is 19.7 Å². The number of morpholine rings is 1. The summed E-state index contributed by atoms with van der Waals surface area (Å²) in [6.45, 7) is 7.20. The molecule has 0 unspecified atom stereocenters. The van der Waals surface area contributed by atoms with Crippen molar-refractivity contribution in [2.24, 2.45) is 0 Å². The Morgan fingerprint density at radius 2 is 1.84 bits per heavy atom. The molecule has 0 bridgehead atoms. The summed E-state index contributed by atoms with van der Waals surface area (Å²) in [5.41, 5.74) is 3.03. The van der Waals surface area contributed by atoms with Crippen LogP contribution in [0.15, 0.2) is 30.7 Å². The van der Waals surface area contributed by atoms with Gasteiger partial charge in [0, 0.05) is 37.1 Å². The predicted molar refractivity (Wildman–Crippen MR) is 124 cm³/mol. The number of nitrogens with zero attached hydrogens (tertiary/aromatic N) is 5. The van der Waals surface area contributed by atoms with Crippen LogP contribution < -0.4 is 15.0 Å². The van der Waals surface area contributed by atoms with Gasteiger partial charge >= 0.3 is 0 Å². The van der Waals surface area contributed by atoms with E-state index in [1.165, 1.54) is 0 Å². The Morgan fingerprint density at radius 1 is 1.03 bits per heavy atom. The molecule has 8 heteroatoms. The van der Waals surface area contributed by atoms with E-state index in [9.17, 15) is 0 Å². The third kappa shape index (κ3) is 4.60. The number of hydrogen-bond donors (Lipinski definition) is 1. The highest BCUT2D eigenvalue weighted by molar-refractivity contribution is 5.90. The molecule has 8 nitrogen and oxygen atoms in total. The Labute approximate surface area is 188 Å². The van der Waals surface area contributed by atoms with Crippen LogP contribution in [0.4, 0.5) is 11.5 Å². The number of benzene rings is 1. The average Bonchev–Trinajstić information content (AvgIpc) is 2.81. The lowest BCUT2D eigenvalue weighted by Gasteiger charge is -2.32. The van der Waals surface area contributed by atoms with Crippen molar-refractivity contribution in [3.05, 3.63) is 42.2 Å². The van der Waals surface area contributed by atoms with E-state index in [1.807, 2.05) is 19.9 Å². The van der Waals surface area contributed by atoms with Crippen molar-refractivity contribution in [1.82, 2.24) is 19.9 Å². The maximum Gasteiger partial charge on any atom is 0.133 e. The molecular weight excluding hydrogens is 404 g/mol. The van der Waals surface area contributed by atoms with E-state index in [-0.39, 0.29) is 6.10 Å². The summed E-state index contributed by atoms with van der Waals surface area (Å²) >= 11 is 0. The van der Waals surface area contributed by atoms with E-state index in [0.29, 0.717) is 6.04 Å². The molecule has 0 amide bonds. The molecule has 0 spiro atoms. The Kier molecular flexibility index (Phi) is 6.03. The first-order valence-corrected chi connectivity index (χ1v) is 11.5. The third-order valence-corrected chi connectivity index (χ3v) is 6.35. The van der Waals surface area contributed by atoms with E-state index in [2.05, 4.69) is 42.3 Å². The SMILES string of the molecule is Cc1nccc(NC2CCC(Oc3cc(N4CCOCC4)cc4ncnc(C)c34)CC2)n1. The quantitative estimate of drug-likeness (QED) is 0.651. The second kappa shape index (κ2) is 9.24. The Morgan fingerprint density at radius 3 is 2.62 bits per heavy atom. The van der Waals surface area contributed by atoms with Crippen molar-refractivity contribution in [2.45, 2.75) is 51.7 Å². The van der Waals surface area contributed by atoms with E-state index in [0.717, 1.165) is 91.7 Å². The number of hydrogen-bond acceptors (Lipinski definition) is 8. The number of rotatable bonds is 5. The van der Waals surface area contributed by atoms with Gasteiger partial charge in [0.25, 0.3) is 0 Å². The lowest BCUT2D eigenvalue weighted by molar-refractivity contribution is 0.122. The molecule has 2 aromatic heterocycles. The van der Waals surface area contributed by atoms with Crippen LogP contribution in [0.1, 0.15) is 37.2 Å². The van der Waals surface area contributed by atoms with Gasteiger partial charge in [-0.3, -0.25) is 0 Å². The van der Waals surface area contributed by atoms with Crippen molar-refractivity contribution >= 4 is 22.4 Å². The van der Waals surface area contributed by atoms with Crippen LogP contribution in [0.5, 0.6) is 5.75 Å². The Hall–Kier alpha value is -3.00. The molecule has 1 saturated carbocycles. The highest BCUT2D eigenvalue weighted by Crippen LogP contribution is 2.35. The van der Waals surface area contributed by atoms with Crippen molar-refractivity contribution in [2.75, 3.05) is 36.5 Å². The second-order valence-electron chi connectivity index (χ2n) is 8.62. The van der Waals surface area contributed by atoms with Crippen molar-refractivity contribution in [3.63, 3.8) is 0 Å². The molecule has 2 fully saturated rings. The molecule has 168 valence electrons. The van der Waals surface area contributed by atoms with Gasteiger partial charge in [-0.15, -0.1) is 0 Å². The summed E-state index contributed by atoms with van der Waals surface area (Å²) in [7, 11) is 0. The lowest BCUT2D eigenvalue weighted by atomic mass is 9.93. The Bertz CT molecular complexity index is 1080. The highest BCUT2D eigenvalue weighted by Gasteiger charge is 2.24. The van der Waals surface area contributed by atoms with Crippen LogP contribution >= 0.6 is 0 Å². The second-order valence-corrected chi connectivity index (χ2v) is 8.62. The van der Waals surface area contributed by atoms with E-state index in [4.69, 9.17) is 9.47 Å². The largest absolute Gasteiger partial charge is 0.490 e. The molecular formula is C24H30N6O2. The number of nitrogens with one attached hydrogen (secondary N) is 1. The number of anilines is 2. The summed E-state index contributed by atoms with van der Waals surface area (Å²) in [6, 6.07) is 6.65. The first kappa shape index (κ1) is 20.9. The first-order chi connectivity index (χ1) is 15.7. The fourth-order valence-electron chi connectivity index (χ4n) is 4.64. The molecule has 1 saturated heterocycles. The minimum Gasteiger partial charge on any atom is -0.490 e. The summed E-state index contributed by atoms with van der Waals surface area (Å²) in [4.78, 5) is 20.0. The van der Waals surface area contributed by atoms with Crippen molar-refractivity contribution in [3.8, 4) is 5.75 Å². The molecule has 3 heterocycles. The summed E-state index contributed by atoms with van der Waals surface area (Å²) in [5, 5.41) is 4.57. The topological polar surface area (TPSA) is 85.3 Å². The average molecular weight is 435 g/mol. The monoisotopic (exact) mass is 434 g/mol. The molecule has 32 heavy (non-hydrogen) atoms.